The molecule has 0 amide bonds. The molecule has 0 radical (unpaired) electrons. The van der Waals surface area contributed by atoms with Crippen LogP contribution in [0.4, 0.5) is 0 Å². The molecule has 0 aliphatic carbocycles. The monoisotopic (exact) mass is 198 g/mol. The zero-order chi connectivity index (χ0) is 11.3. The molecule has 0 aromatic carbocycles. The van der Waals surface area contributed by atoms with E-state index in [4.69, 9.17) is 4.74 Å². The van der Waals surface area contributed by atoms with Gasteiger partial charge in [0.2, 0.25) is 0 Å². The summed E-state index contributed by atoms with van der Waals surface area (Å²) in [7, 11) is 1.40. The number of ether oxygens (including phenoxy) is 1. The van der Waals surface area contributed by atoms with Gasteiger partial charge < -0.3 is 4.74 Å². The van der Waals surface area contributed by atoms with Crippen molar-refractivity contribution in [1.29, 1.82) is 0 Å². The number of ketones is 2. The maximum Gasteiger partial charge on any atom is 0.199 e. The van der Waals surface area contributed by atoms with Crippen LogP contribution in [0, 0.1) is 11.8 Å². The van der Waals surface area contributed by atoms with Gasteiger partial charge in [0.1, 0.15) is 0 Å². The molecule has 0 rings (SSSR count). The summed E-state index contributed by atoms with van der Waals surface area (Å²) in [6, 6.07) is 0. The lowest BCUT2D eigenvalue weighted by Gasteiger charge is -2.08. The molecule has 0 saturated heterocycles. The van der Waals surface area contributed by atoms with Gasteiger partial charge in [-0.2, -0.15) is 0 Å². The van der Waals surface area contributed by atoms with Gasteiger partial charge in [-0.1, -0.05) is 27.7 Å². The molecular weight excluding hydrogens is 180 g/mol. The van der Waals surface area contributed by atoms with E-state index in [0.717, 1.165) is 0 Å². The molecule has 80 valence electrons. The molecule has 14 heavy (non-hydrogen) atoms. The zero-order valence-corrected chi connectivity index (χ0v) is 9.46. The van der Waals surface area contributed by atoms with Crippen molar-refractivity contribution in [1.82, 2.24) is 0 Å². The predicted octanol–water partition coefficient (Wildman–Crippen LogP) is 1.97. The summed E-state index contributed by atoms with van der Waals surface area (Å²) in [5, 5.41) is 0. The predicted molar refractivity (Wildman–Crippen MR) is 54.8 cm³/mol. The Hall–Kier alpha value is -1.12. The van der Waals surface area contributed by atoms with E-state index in [2.05, 4.69) is 0 Å². The lowest BCUT2D eigenvalue weighted by atomic mass is 10.0. The van der Waals surface area contributed by atoms with Crippen LogP contribution in [0.3, 0.4) is 0 Å². The third-order valence-electron chi connectivity index (χ3n) is 1.83. The number of carbonyl (C=O) groups excluding carboxylic acids is 2. The maximum absolute atomic E-state index is 11.5. The first-order chi connectivity index (χ1) is 6.40. The molecule has 0 fully saturated rings. The van der Waals surface area contributed by atoms with Gasteiger partial charge in [0.05, 0.1) is 7.11 Å². The van der Waals surface area contributed by atoms with Crippen LogP contribution in [0.5, 0.6) is 0 Å². The van der Waals surface area contributed by atoms with Crippen molar-refractivity contribution >= 4 is 11.6 Å². The van der Waals surface area contributed by atoms with E-state index in [1.807, 2.05) is 0 Å². The first-order valence-corrected chi connectivity index (χ1v) is 4.73. The Morgan fingerprint density at radius 1 is 1.07 bits per heavy atom. The lowest BCUT2D eigenvalue weighted by Crippen LogP contribution is -2.14. The van der Waals surface area contributed by atoms with E-state index in [-0.39, 0.29) is 29.2 Å². The fourth-order valence-corrected chi connectivity index (χ4v) is 0.811. The van der Waals surface area contributed by atoms with E-state index in [9.17, 15) is 9.59 Å². The highest BCUT2D eigenvalue weighted by Crippen LogP contribution is 2.08. The van der Waals surface area contributed by atoms with Crippen molar-refractivity contribution in [2.45, 2.75) is 27.7 Å². The van der Waals surface area contributed by atoms with Gasteiger partial charge in [0.15, 0.2) is 17.3 Å². The molecule has 3 nitrogen and oxygen atoms in total. The van der Waals surface area contributed by atoms with E-state index < -0.39 is 0 Å². The minimum Gasteiger partial charge on any atom is -0.493 e. The van der Waals surface area contributed by atoms with E-state index in [0.29, 0.717) is 0 Å². The Morgan fingerprint density at radius 3 is 1.86 bits per heavy atom. The number of hydrogen-bond donors (Lipinski definition) is 0. The molecular formula is C11H18O3. The highest BCUT2D eigenvalue weighted by atomic mass is 16.5. The highest BCUT2D eigenvalue weighted by molar-refractivity contribution is 6.02. The largest absolute Gasteiger partial charge is 0.493 e. The van der Waals surface area contributed by atoms with Crippen molar-refractivity contribution in [2.24, 2.45) is 11.8 Å². The summed E-state index contributed by atoms with van der Waals surface area (Å²) < 4.78 is 4.88. The molecule has 0 unspecified atom stereocenters. The smallest absolute Gasteiger partial charge is 0.199 e. The molecule has 0 bridgehead atoms. The van der Waals surface area contributed by atoms with Crippen LogP contribution in [-0.2, 0) is 14.3 Å². The fourth-order valence-electron chi connectivity index (χ4n) is 0.811. The highest BCUT2D eigenvalue weighted by Gasteiger charge is 2.16. The molecule has 0 aliphatic heterocycles. The first kappa shape index (κ1) is 12.9. The van der Waals surface area contributed by atoms with Crippen LogP contribution < -0.4 is 0 Å². The fraction of sp³-hybridized carbons (Fsp3) is 0.636. The van der Waals surface area contributed by atoms with Gasteiger partial charge >= 0.3 is 0 Å². The number of rotatable bonds is 5. The van der Waals surface area contributed by atoms with Crippen LogP contribution in [0.2, 0.25) is 0 Å². The van der Waals surface area contributed by atoms with Gasteiger partial charge in [-0.15, -0.1) is 0 Å². The number of Topliss-reactive ketones (excluding diaryl/α,β-unsaturated/α-hetero) is 1. The van der Waals surface area contributed by atoms with Gasteiger partial charge in [0.25, 0.3) is 0 Å². The van der Waals surface area contributed by atoms with Crippen LogP contribution in [0.15, 0.2) is 11.8 Å². The van der Waals surface area contributed by atoms with Crippen LogP contribution in [0.25, 0.3) is 0 Å². The van der Waals surface area contributed by atoms with E-state index in [1.165, 1.54) is 13.2 Å². The van der Waals surface area contributed by atoms with Crippen molar-refractivity contribution in [2.75, 3.05) is 7.11 Å². The topological polar surface area (TPSA) is 43.4 Å². The average Bonchev–Trinajstić information content (AvgIpc) is 2.12. The summed E-state index contributed by atoms with van der Waals surface area (Å²) in [6.07, 6.45) is 1.28. The van der Waals surface area contributed by atoms with Crippen LogP contribution in [0.1, 0.15) is 27.7 Å². The summed E-state index contributed by atoms with van der Waals surface area (Å²) in [5.74, 6) is -0.336. The Kier molecular flexibility index (Phi) is 5.13. The summed E-state index contributed by atoms with van der Waals surface area (Å²) in [6.45, 7) is 7.11. The third kappa shape index (κ3) is 3.73. The molecule has 0 spiro atoms. The van der Waals surface area contributed by atoms with Crippen molar-refractivity contribution in [3.8, 4) is 0 Å². The van der Waals surface area contributed by atoms with Crippen molar-refractivity contribution < 1.29 is 14.3 Å². The van der Waals surface area contributed by atoms with E-state index in [1.54, 1.807) is 27.7 Å². The first-order valence-electron chi connectivity index (χ1n) is 4.73. The number of hydrogen-bond acceptors (Lipinski definition) is 3. The van der Waals surface area contributed by atoms with Gasteiger partial charge in [-0.05, 0) is 0 Å². The Morgan fingerprint density at radius 2 is 1.57 bits per heavy atom. The number of methoxy groups -OCH3 is 1. The second kappa shape index (κ2) is 5.58. The quantitative estimate of drug-likeness (QED) is 0.501. The second-order valence-electron chi connectivity index (χ2n) is 3.79. The molecule has 0 aromatic rings. The van der Waals surface area contributed by atoms with Crippen LogP contribution >= 0.6 is 0 Å². The minimum atomic E-state index is -0.152. The van der Waals surface area contributed by atoms with Crippen molar-refractivity contribution in [3.05, 3.63) is 11.8 Å². The van der Waals surface area contributed by atoms with Gasteiger partial charge in [-0.3, -0.25) is 9.59 Å². The Balaban J connectivity index is 4.72. The molecule has 0 aromatic heterocycles. The average molecular weight is 198 g/mol. The third-order valence-corrected chi connectivity index (χ3v) is 1.83. The number of carbonyl (C=O) groups is 2. The molecule has 0 atom stereocenters. The molecule has 0 N–H and O–H groups in total. The molecule has 0 saturated carbocycles. The Labute approximate surface area is 85.1 Å². The zero-order valence-electron chi connectivity index (χ0n) is 9.46. The van der Waals surface area contributed by atoms with E-state index >= 15 is 0 Å². The second-order valence-corrected chi connectivity index (χ2v) is 3.79. The maximum atomic E-state index is 11.5. The molecule has 3 heteroatoms. The van der Waals surface area contributed by atoms with Crippen LogP contribution in [-0.4, -0.2) is 18.7 Å². The van der Waals surface area contributed by atoms with Gasteiger partial charge in [0, 0.05) is 17.9 Å². The Bertz CT molecular complexity index is 249. The summed E-state index contributed by atoms with van der Waals surface area (Å²) >= 11 is 0. The normalized spacial score (nSPS) is 12.1. The van der Waals surface area contributed by atoms with Gasteiger partial charge in [-0.25, -0.2) is 0 Å². The number of allylic oxidation sites excluding steroid dienone is 2. The van der Waals surface area contributed by atoms with Crippen molar-refractivity contribution in [3.63, 3.8) is 0 Å². The molecule has 0 heterocycles. The summed E-state index contributed by atoms with van der Waals surface area (Å²) in [5.41, 5.74) is 0. The lowest BCUT2D eigenvalue weighted by molar-refractivity contribution is -0.122. The summed E-state index contributed by atoms with van der Waals surface area (Å²) in [4.78, 5) is 22.8. The minimum absolute atomic E-state index is 0.0872. The molecule has 0 aliphatic rings. The standard InChI is InChI=1S/C11H18O3/c1-7(2)9(12)6-10(14-5)11(13)8(3)4/h6-8H,1-5H3. The SMILES string of the molecule is COC(=CC(=O)C(C)C)C(=O)C(C)C.